The predicted octanol–water partition coefficient (Wildman–Crippen LogP) is 0.852. The van der Waals surface area contributed by atoms with Gasteiger partial charge in [-0.2, -0.15) is 5.21 Å². The molecule has 1 saturated heterocycles. The number of carbonyl (C=O) groups is 1. The molecule has 0 spiro atoms. The topological polar surface area (TPSA) is 74.8 Å². The number of nitrogens with zero attached hydrogens (tertiary/aromatic N) is 4. The van der Waals surface area contributed by atoms with Crippen LogP contribution in [0.15, 0.2) is 0 Å². The van der Waals surface area contributed by atoms with Crippen LogP contribution in [0.4, 0.5) is 0 Å². The lowest BCUT2D eigenvalue weighted by Crippen LogP contribution is -2.45. The average Bonchev–Trinajstić information content (AvgIpc) is 2.91. The SMILES string of the molecule is O=C(c1nn[nH]n1)N1CCC2CCCCC2C1. The highest BCUT2D eigenvalue weighted by Crippen LogP contribution is 2.36. The van der Waals surface area contributed by atoms with Gasteiger partial charge < -0.3 is 4.90 Å². The van der Waals surface area contributed by atoms with E-state index in [2.05, 4.69) is 20.6 Å². The van der Waals surface area contributed by atoms with Crippen molar-refractivity contribution in [3.05, 3.63) is 5.82 Å². The van der Waals surface area contributed by atoms with Crippen LogP contribution in [-0.4, -0.2) is 44.5 Å². The second kappa shape index (κ2) is 4.43. The first kappa shape index (κ1) is 10.7. The largest absolute Gasteiger partial charge is 0.336 e. The van der Waals surface area contributed by atoms with Crippen molar-refractivity contribution < 1.29 is 4.79 Å². The van der Waals surface area contributed by atoms with Crippen LogP contribution in [0.3, 0.4) is 0 Å². The second-order valence-corrected chi connectivity index (χ2v) is 5.08. The minimum absolute atomic E-state index is 0.0808. The molecule has 1 amide bonds. The fourth-order valence-electron chi connectivity index (χ4n) is 3.18. The number of piperidine rings is 1. The molecule has 1 aliphatic carbocycles. The van der Waals surface area contributed by atoms with Gasteiger partial charge in [-0.15, -0.1) is 10.2 Å². The summed E-state index contributed by atoms with van der Waals surface area (Å²) in [6.07, 6.45) is 6.41. The molecule has 1 aliphatic heterocycles. The summed E-state index contributed by atoms with van der Waals surface area (Å²) in [5.74, 6) is 1.63. The highest BCUT2D eigenvalue weighted by atomic mass is 16.2. The third-order valence-corrected chi connectivity index (χ3v) is 4.12. The maximum Gasteiger partial charge on any atom is 0.295 e. The van der Waals surface area contributed by atoms with Gasteiger partial charge in [-0.25, -0.2) is 0 Å². The molecule has 1 saturated carbocycles. The summed E-state index contributed by atoms with van der Waals surface area (Å²) in [5, 5.41) is 13.3. The Kier molecular flexibility index (Phi) is 2.78. The molecule has 92 valence electrons. The van der Waals surface area contributed by atoms with E-state index in [4.69, 9.17) is 0 Å². The molecule has 1 aromatic heterocycles. The smallest absolute Gasteiger partial charge is 0.295 e. The molecule has 2 fully saturated rings. The third-order valence-electron chi connectivity index (χ3n) is 4.12. The first-order valence-electron chi connectivity index (χ1n) is 6.37. The molecule has 6 nitrogen and oxygen atoms in total. The molecule has 0 radical (unpaired) electrons. The van der Waals surface area contributed by atoms with E-state index in [-0.39, 0.29) is 11.7 Å². The molecule has 6 heteroatoms. The number of aromatic nitrogens is 4. The van der Waals surface area contributed by atoms with Gasteiger partial charge >= 0.3 is 0 Å². The lowest BCUT2D eigenvalue weighted by Gasteiger charge is -2.40. The third kappa shape index (κ3) is 2.03. The maximum absolute atomic E-state index is 12.1. The van der Waals surface area contributed by atoms with Gasteiger partial charge in [0, 0.05) is 13.1 Å². The lowest BCUT2D eigenvalue weighted by atomic mass is 9.75. The standard InChI is InChI=1S/C11H17N5O/c17-11(10-12-14-15-13-10)16-6-5-8-3-1-2-4-9(8)7-16/h8-9H,1-7H2,(H,12,13,14,15). The molecular formula is C11H17N5O. The van der Waals surface area contributed by atoms with Crippen LogP contribution >= 0.6 is 0 Å². The fourth-order valence-corrected chi connectivity index (χ4v) is 3.18. The van der Waals surface area contributed by atoms with Crippen LogP contribution in [0, 0.1) is 11.8 Å². The van der Waals surface area contributed by atoms with Gasteiger partial charge in [-0.05, 0) is 29.9 Å². The van der Waals surface area contributed by atoms with Crippen molar-refractivity contribution in [2.45, 2.75) is 32.1 Å². The molecule has 2 aliphatic rings. The van der Waals surface area contributed by atoms with Crippen LogP contribution in [0.2, 0.25) is 0 Å². The van der Waals surface area contributed by atoms with Gasteiger partial charge in [0.05, 0.1) is 0 Å². The minimum atomic E-state index is -0.0808. The van der Waals surface area contributed by atoms with E-state index < -0.39 is 0 Å². The molecule has 17 heavy (non-hydrogen) atoms. The van der Waals surface area contributed by atoms with Crippen LogP contribution in [0.1, 0.15) is 42.7 Å². The van der Waals surface area contributed by atoms with Crippen molar-refractivity contribution >= 4 is 5.91 Å². The number of amides is 1. The highest BCUT2D eigenvalue weighted by molar-refractivity contribution is 5.90. The normalized spacial score (nSPS) is 28.8. The second-order valence-electron chi connectivity index (χ2n) is 5.08. The Hall–Kier alpha value is -1.46. The Labute approximate surface area is 99.8 Å². The van der Waals surface area contributed by atoms with Crippen molar-refractivity contribution in [3.8, 4) is 0 Å². The number of tetrazole rings is 1. The summed E-state index contributed by atoms with van der Waals surface area (Å²) in [4.78, 5) is 14.0. The molecule has 2 unspecified atom stereocenters. The number of nitrogens with one attached hydrogen (secondary N) is 1. The molecule has 0 aromatic carbocycles. The first-order chi connectivity index (χ1) is 8.34. The van der Waals surface area contributed by atoms with Crippen LogP contribution < -0.4 is 0 Å². The number of carbonyl (C=O) groups excluding carboxylic acids is 1. The van der Waals surface area contributed by atoms with Gasteiger partial charge in [0.1, 0.15) is 0 Å². The Morgan fingerprint density at radius 2 is 2.06 bits per heavy atom. The van der Waals surface area contributed by atoms with Crippen molar-refractivity contribution in [1.29, 1.82) is 0 Å². The Bertz CT molecular complexity index is 391. The summed E-state index contributed by atoms with van der Waals surface area (Å²) in [7, 11) is 0. The summed E-state index contributed by atoms with van der Waals surface area (Å²) in [5.41, 5.74) is 0. The molecule has 2 atom stereocenters. The van der Waals surface area contributed by atoms with E-state index in [0.29, 0.717) is 5.92 Å². The molecule has 1 N–H and O–H groups in total. The van der Waals surface area contributed by atoms with Gasteiger partial charge in [0.2, 0.25) is 0 Å². The van der Waals surface area contributed by atoms with E-state index in [9.17, 15) is 4.79 Å². The summed E-state index contributed by atoms with van der Waals surface area (Å²) >= 11 is 0. The highest BCUT2D eigenvalue weighted by Gasteiger charge is 2.34. The van der Waals surface area contributed by atoms with E-state index in [1.54, 1.807) is 0 Å². The van der Waals surface area contributed by atoms with Crippen LogP contribution in [0.5, 0.6) is 0 Å². The van der Waals surface area contributed by atoms with E-state index >= 15 is 0 Å². The average molecular weight is 235 g/mol. The first-order valence-corrected chi connectivity index (χ1v) is 6.37. The van der Waals surface area contributed by atoms with Gasteiger partial charge in [-0.1, -0.05) is 19.3 Å². The molecule has 2 heterocycles. The lowest BCUT2D eigenvalue weighted by molar-refractivity contribution is 0.0510. The monoisotopic (exact) mass is 235 g/mol. The number of likely N-dealkylation sites (tertiary alicyclic amines) is 1. The van der Waals surface area contributed by atoms with Crippen molar-refractivity contribution in [3.63, 3.8) is 0 Å². The van der Waals surface area contributed by atoms with E-state index in [1.165, 1.54) is 25.7 Å². The quantitative estimate of drug-likeness (QED) is 0.783. The number of H-pyrrole nitrogens is 1. The predicted molar refractivity (Wildman–Crippen MR) is 60.1 cm³/mol. The number of fused-ring (bicyclic) bond motifs is 1. The van der Waals surface area contributed by atoms with Gasteiger partial charge in [-0.3, -0.25) is 4.79 Å². The fraction of sp³-hybridized carbons (Fsp3) is 0.818. The summed E-state index contributed by atoms with van der Waals surface area (Å²) < 4.78 is 0. The minimum Gasteiger partial charge on any atom is -0.336 e. The molecule has 1 aromatic rings. The molecule has 3 rings (SSSR count). The summed E-state index contributed by atoms with van der Waals surface area (Å²) in [6, 6.07) is 0. The Balaban J connectivity index is 1.67. The molecular weight excluding hydrogens is 218 g/mol. The zero-order valence-electron chi connectivity index (χ0n) is 9.80. The van der Waals surface area contributed by atoms with Crippen LogP contribution in [0.25, 0.3) is 0 Å². The number of hydrogen-bond acceptors (Lipinski definition) is 4. The van der Waals surface area contributed by atoms with E-state index in [1.807, 2.05) is 4.90 Å². The maximum atomic E-state index is 12.1. The zero-order chi connectivity index (χ0) is 11.7. The van der Waals surface area contributed by atoms with Gasteiger partial charge in [0.15, 0.2) is 0 Å². The number of hydrogen-bond donors (Lipinski definition) is 1. The number of aromatic amines is 1. The Morgan fingerprint density at radius 1 is 1.24 bits per heavy atom. The number of rotatable bonds is 1. The van der Waals surface area contributed by atoms with Crippen LogP contribution in [-0.2, 0) is 0 Å². The van der Waals surface area contributed by atoms with E-state index in [0.717, 1.165) is 25.4 Å². The van der Waals surface area contributed by atoms with Crippen molar-refractivity contribution in [1.82, 2.24) is 25.5 Å². The molecule has 0 bridgehead atoms. The van der Waals surface area contributed by atoms with Crippen molar-refractivity contribution in [2.75, 3.05) is 13.1 Å². The summed E-state index contributed by atoms with van der Waals surface area (Å²) in [6.45, 7) is 1.71. The Morgan fingerprint density at radius 3 is 2.82 bits per heavy atom. The zero-order valence-corrected chi connectivity index (χ0v) is 9.80. The van der Waals surface area contributed by atoms with Crippen molar-refractivity contribution in [2.24, 2.45) is 11.8 Å². The van der Waals surface area contributed by atoms with Gasteiger partial charge in [0.25, 0.3) is 11.7 Å².